The monoisotopic (exact) mass is 183 g/mol. The van der Waals surface area contributed by atoms with Crippen LogP contribution in [0.25, 0.3) is 0 Å². The van der Waals surface area contributed by atoms with Gasteiger partial charge in [0.25, 0.3) is 0 Å². The molecule has 1 heterocycles. The van der Waals surface area contributed by atoms with Gasteiger partial charge in [0.1, 0.15) is 5.41 Å². The zero-order valence-electron chi connectivity index (χ0n) is 6.86. The van der Waals surface area contributed by atoms with Crippen molar-refractivity contribution in [2.75, 3.05) is 26.7 Å². The molecule has 1 fully saturated rings. The predicted molar refractivity (Wildman–Crippen MR) is 37.7 cm³/mol. The molecule has 0 amide bonds. The van der Waals surface area contributed by atoms with Crippen LogP contribution in [-0.4, -0.2) is 42.9 Å². The van der Waals surface area contributed by atoms with Crippen LogP contribution in [0.2, 0.25) is 0 Å². The van der Waals surface area contributed by atoms with Crippen molar-refractivity contribution in [2.24, 2.45) is 5.41 Å². The Morgan fingerprint density at radius 3 is 2.25 bits per heavy atom. The van der Waals surface area contributed by atoms with Crippen LogP contribution >= 0.6 is 0 Å². The molecular weight excluding hydrogens is 171 g/mol. The van der Waals surface area contributed by atoms with E-state index in [-0.39, 0.29) is 13.0 Å². The Morgan fingerprint density at radius 1 is 1.50 bits per heavy atom. The van der Waals surface area contributed by atoms with Gasteiger partial charge in [0.2, 0.25) is 0 Å². The molecule has 1 atom stereocenters. The molecule has 0 aromatic rings. The van der Waals surface area contributed by atoms with Gasteiger partial charge in [0.05, 0.1) is 6.61 Å². The van der Waals surface area contributed by atoms with Crippen LogP contribution in [0, 0.1) is 5.41 Å². The van der Waals surface area contributed by atoms with E-state index >= 15 is 0 Å². The Morgan fingerprint density at radius 2 is 2.08 bits per heavy atom. The summed E-state index contributed by atoms with van der Waals surface area (Å²) in [7, 11) is 1.63. The first kappa shape index (κ1) is 9.80. The van der Waals surface area contributed by atoms with Gasteiger partial charge in [0, 0.05) is 6.54 Å². The molecule has 0 spiro atoms. The molecule has 1 N–H and O–H groups in total. The Hall–Kier alpha value is -0.290. The van der Waals surface area contributed by atoms with Gasteiger partial charge in [-0.3, -0.25) is 0 Å². The van der Waals surface area contributed by atoms with E-state index in [0.717, 1.165) is 0 Å². The van der Waals surface area contributed by atoms with Crippen LogP contribution in [0.3, 0.4) is 0 Å². The molecule has 1 unspecified atom stereocenters. The standard InChI is InChI=1S/C7H12F3NO/c1-11-3-2-6(4-11,5-12)7(8,9)10/h12H,2-5H2,1H3. The average molecular weight is 183 g/mol. The van der Waals surface area contributed by atoms with E-state index in [2.05, 4.69) is 0 Å². The predicted octanol–water partition coefficient (Wildman–Crippen LogP) is 0.863. The van der Waals surface area contributed by atoms with E-state index in [1.165, 1.54) is 0 Å². The second-order valence-corrected chi connectivity index (χ2v) is 3.42. The van der Waals surface area contributed by atoms with Crippen LogP contribution in [-0.2, 0) is 0 Å². The van der Waals surface area contributed by atoms with Gasteiger partial charge < -0.3 is 10.0 Å². The van der Waals surface area contributed by atoms with Crippen molar-refractivity contribution in [3.63, 3.8) is 0 Å². The minimum atomic E-state index is -4.29. The highest BCUT2D eigenvalue weighted by Crippen LogP contribution is 2.44. The summed E-state index contributed by atoms with van der Waals surface area (Å²) >= 11 is 0. The van der Waals surface area contributed by atoms with Gasteiger partial charge in [-0.05, 0) is 20.0 Å². The zero-order chi connectivity index (χ0) is 9.41. The van der Waals surface area contributed by atoms with Gasteiger partial charge in [-0.25, -0.2) is 0 Å². The summed E-state index contributed by atoms with van der Waals surface area (Å²) < 4.78 is 37.2. The number of hydrogen-bond acceptors (Lipinski definition) is 2. The third-order valence-corrected chi connectivity index (χ3v) is 2.45. The number of nitrogens with zero attached hydrogens (tertiary/aromatic N) is 1. The molecule has 0 aromatic heterocycles. The third kappa shape index (κ3) is 1.43. The van der Waals surface area contributed by atoms with Crippen LogP contribution < -0.4 is 0 Å². The molecule has 5 heteroatoms. The quantitative estimate of drug-likeness (QED) is 0.651. The molecule has 12 heavy (non-hydrogen) atoms. The largest absolute Gasteiger partial charge is 0.397 e. The Balaban J connectivity index is 2.78. The number of alkyl halides is 3. The maximum absolute atomic E-state index is 12.4. The molecule has 0 saturated carbocycles. The van der Waals surface area contributed by atoms with Crippen molar-refractivity contribution in [2.45, 2.75) is 12.6 Å². The fourth-order valence-electron chi connectivity index (χ4n) is 1.53. The lowest BCUT2D eigenvalue weighted by Gasteiger charge is -2.29. The number of hydrogen-bond donors (Lipinski definition) is 1. The molecule has 1 aliphatic rings. The van der Waals surface area contributed by atoms with E-state index in [1.54, 1.807) is 11.9 Å². The second kappa shape index (κ2) is 2.88. The van der Waals surface area contributed by atoms with Crippen LogP contribution in [0.1, 0.15) is 6.42 Å². The van der Waals surface area contributed by atoms with E-state index in [9.17, 15) is 13.2 Å². The fourth-order valence-corrected chi connectivity index (χ4v) is 1.53. The SMILES string of the molecule is CN1CCC(CO)(C(F)(F)F)C1. The molecule has 0 bridgehead atoms. The topological polar surface area (TPSA) is 23.5 Å². The number of aliphatic hydroxyl groups excluding tert-OH is 1. The Bertz CT molecular complexity index is 171. The maximum Gasteiger partial charge on any atom is 0.397 e. The molecule has 0 aromatic carbocycles. The van der Waals surface area contributed by atoms with E-state index < -0.39 is 18.2 Å². The molecule has 0 aliphatic carbocycles. The highest BCUT2D eigenvalue weighted by atomic mass is 19.4. The lowest BCUT2D eigenvalue weighted by atomic mass is 9.87. The van der Waals surface area contributed by atoms with Crippen molar-refractivity contribution >= 4 is 0 Å². The highest BCUT2D eigenvalue weighted by Gasteiger charge is 2.56. The van der Waals surface area contributed by atoms with E-state index in [1.807, 2.05) is 0 Å². The summed E-state index contributed by atoms with van der Waals surface area (Å²) in [4.78, 5) is 1.59. The Labute approximate surface area is 69.0 Å². The van der Waals surface area contributed by atoms with Crippen molar-refractivity contribution in [3.8, 4) is 0 Å². The normalized spacial score (nSPS) is 32.8. The van der Waals surface area contributed by atoms with E-state index in [0.29, 0.717) is 6.54 Å². The first-order valence-electron chi connectivity index (χ1n) is 3.77. The fraction of sp³-hybridized carbons (Fsp3) is 1.00. The lowest BCUT2D eigenvalue weighted by Crippen LogP contribution is -2.43. The summed E-state index contributed by atoms with van der Waals surface area (Å²) in [6, 6.07) is 0. The van der Waals surface area contributed by atoms with Crippen LogP contribution in [0.5, 0.6) is 0 Å². The molecule has 0 radical (unpaired) electrons. The second-order valence-electron chi connectivity index (χ2n) is 3.42. The number of rotatable bonds is 1. The van der Waals surface area contributed by atoms with Crippen LogP contribution in [0.15, 0.2) is 0 Å². The summed E-state index contributed by atoms with van der Waals surface area (Å²) in [6.45, 7) is -0.492. The summed E-state index contributed by atoms with van der Waals surface area (Å²) in [5, 5.41) is 8.72. The Kier molecular flexibility index (Phi) is 2.35. The highest BCUT2D eigenvalue weighted by molar-refractivity contribution is 4.93. The van der Waals surface area contributed by atoms with Gasteiger partial charge in [-0.2, -0.15) is 13.2 Å². The van der Waals surface area contributed by atoms with Gasteiger partial charge >= 0.3 is 6.18 Å². The minimum Gasteiger partial charge on any atom is -0.395 e. The molecule has 2 nitrogen and oxygen atoms in total. The summed E-state index contributed by atoms with van der Waals surface area (Å²) in [6.07, 6.45) is -4.28. The van der Waals surface area contributed by atoms with Gasteiger partial charge in [-0.15, -0.1) is 0 Å². The van der Waals surface area contributed by atoms with Gasteiger partial charge in [0.15, 0.2) is 0 Å². The first-order valence-corrected chi connectivity index (χ1v) is 3.77. The van der Waals surface area contributed by atoms with Crippen molar-refractivity contribution in [1.29, 1.82) is 0 Å². The number of halogens is 3. The molecule has 1 aliphatic heterocycles. The van der Waals surface area contributed by atoms with Gasteiger partial charge in [-0.1, -0.05) is 0 Å². The van der Waals surface area contributed by atoms with Crippen molar-refractivity contribution < 1.29 is 18.3 Å². The lowest BCUT2D eigenvalue weighted by molar-refractivity contribution is -0.230. The third-order valence-electron chi connectivity index (χ3n) is 2.45. The van der Waals surface area contributed by atoms with Crippen molar-refractivity contribution in [1.82, 2.24) is 4.90 Å². The number of likely N-dealkylation sites (tertiary alicyclic amines) is 1. The van der Waals surface area contributed by atoms with Crippen LogP contribution in [0.4, 0.5) is 13.2 Å². The van der Waals surface area contributed by atoms with Crippen molar-refractivity contribution in [3.05, 3.63) is 0 Å². The zero-order valence-corrected chi connectivity index (χ0v) is 6.86. The number of aliphatic hydroxyl groups is 1. The molecule has 1 saturated heterocycles. The summed E-state index contributed by atoms with van der Waals surface area (Å²) in [5.74, 6) is 0. The smallest absolute Gasteiger partial charge is 0.395 e. The summed E-state index contributed by atoms with van der Waals surface area (Å²) in [5.41, 5.74) is -1.87. The maximum atomic E-state index is 12.4. The van der Waals surface area contributed by atoms with E-state index in [4.69, 9.17) is 5.11 Å². The molecule has 72 valence electrons. The molecular formula is C7H12F3NO. The molecule has 1 rings (SSSR count). The minimum absolute atomic E-state index is 0.00347. The average Bonchev–Trinajstić information content (AvgIpc) is 2.31. The first-order chi connectivity index (χ1) is 5.41.